The van der Waals surface area contributed by atoms with Gasteiger partial charge in [-0.15, -0.1) is 0 Å². The van der Waals surface area contributed by atoms with Gasteiger partial charge < -0.3 is 15.8 Å². The smallest absolute Gasteiger partial charge is 0.212 e. The first-order valence-corrected chi connectivity index (χ1v) is 6.21. The van der Waals surface area contributed by atoms with Crippen molar-refractivity contribution in [3.05, 3.63) is 42.2 Å². The summed E-state index contributed by atoms with van der Waals surface area (Å²) >= 11 is 0. The normalized spacial score (nSPS) is 10.7. The minimum Gasteiger partial charge on any atom is -0.481 e. The van der Waals surface area contributed by atoms with Crippen LogP contribution in [0.25, 0.3) is 10.9 Å². The minimum atomic E-state index is 0.604. The van der Waals surface area contributed by atoms with Gasteiger partial charge in [-0.25, -0.2) is 4.98 Å². The molecule has 0 aliphatic heterocycles. The molecule has 0 aliphatic rings. The van der Waals surface area contributed by atoms with E-state index in [1.807, 2.05) is 24.3 Å². The maximum absolute atomic E-state index is 6.02. The number of hydrogen-bond acceptors (Lipinski definition) is 5. The second-order valence-electron chi connectivity index (χ2n) is 4.46. The third-order valence-corrected chi connectivity index (χ3v) is 3.10. The number of fused-ring (bicyclic) bond motifs is 1. The van der Waals surface area contributed by atoms with Crippen LogP contribution < -0.4 is 15.8 Å². The average Bonchev–Trinajstić information content (AvgIpc) is 2.92. The van der Waals surface area contributed by atoms with E-state index in [1.54, 1.807) is 19.5 Å². The zero-order valence-electron chi connectivity index (χ0n) is 11.1. The van der Waals surface area contributed by atoms with Crippen LogP contribution in [0, 0.1) is 0 Å². The van der Waals surface area contributed by atoms with Gasteiger partial charge in [0, 0.05) is 24.2 Å². The van der Waals surface area contributed by atoms with Crippen LogP contribution in [0.1, 0.15) is 5.56 Å². The van der Waals surface area contributed by atoms with Crippen LogP contribution >= 0.6 is 0 Å². The van der Waals surface area contributed by atoms with Crippen LogP contribution in [0.2, 0.25) is 0 Å². The van der Waals surface area contributed by atoms with Crippen molar-refractivity contribution in [3.63, 3.8) is 0 Å². The quantitative estimate of drug-likeness (QED) is 0.632. The van der Waals surface area contributed by atoms with Gasteiger partial charge in [0.05, 0.1) is 30.2 Å². The summed E-state index contributed by atoms with van der Waals surface area (Å²) in [6.07, 6.45) is 3.53. The number of nitrogen functional groups attached to an aromatic ring is 1. The van der Waals surface area contributed by atoms with Crippen LogP contribution in [-0.2, 0) is 6.54 Å². The molecular weight excluding hydrogens is 254 g/mol. The van der Waals surface area contributed by atoms with Gasteiger partial charge in [-0.3, -0.25) is 5.10 Å². The number of rotatable bonds is 4. The summed E-state index contributed by atoms with van der Waals surface area (Å²) in [5.41, 5.74) is 9.59. The molecule has 4 N–H and O–H groups in total. The Morgan fingerprint density at radius 2 is 2.20 bits per heavy atom. The number of nitrogens with one attached hydrogen (secondary N) is 2. The van der Waals surface area contributed by atoms with Crippen molar-refractivity contribution in [1.29, 1.82) is 0 Å². The van der Waals surface area contributed by atoms with E-state index in [4.69, 9.17) is 10.5 Å². The fraction of sp³-hybridized carbons (Fsp3) is 0.143. The number of nitrogens with zero attached hydrogens (tertiary/aromatic N) is 2. The SMILES string of the molecule is COc1ccc(CNc2cc3[nH]ncc3cc2N)cn1. The van der Waals surface area contributed by atoms with Crippen molar-refractivity contribution < 1.29 is 4.74 Å². The molecule has 1 aromatic carbocycles. The molecule has 2 aromatic heterocycles. The summed E-state index contributed by atoms with van der Waals surface area (Å²) in [6.45, 7) is 0.640. The lowest BCUT2D eigenvalue weighted by Gasteiger charge is -2.09. The van der Waals surface area contributed by atoms with E-state index in [0.29, 0.717) is 18.1 Å². The van der Waals surface area contributed by atoms with Crippen LogP contribution in [0.4, 0.5) is 11.4 Å². The maximum atomic E-state index is 6.02. The van der Waals surface area contributed by atoms with Gasteiger partial charge in [0.25, 0.3) is 0 Å². The van der Waals surface area contributed by atoms with Crippen molar-refractivity contribution in [1.82, 2.24) is 15.2 Å². The number of hydrogen-bond donors (Lipinski definition) is 3. The van der Waals surface area contributed by atoms with Gasteiger partial charge >= 0.3 is 0 Å². The summed E-state index contributed by atoms with van der Waals surface area (Å²) < 4.78 is 5.03. The highest BCUT2D eigenvalue weighted by atomic mass is 16.5. The number of aromatic nitrogens is 3. The molecule has 0 unspecified atom stereocenters. The molecular formula is C14H15N5O. The Bertz CT molecular complexity index is 720. The Hall–Kier alpha value is -2.76. The molecule has 2 heterocycles. The Kier molecular flexibility index (Phi) is 3.12. The predicted octanol–water partition coefficient (Wildman–Crippen LogP) is 2.16. The predicted molar refractivity (Wildman–Crippen MR) is 78.6 cm³/mol. The van der Waals surface area contributed by atoms with Gasteiger partial charge in [-0.1, -0.05) is 6.07 Å². The third kappa shape index (κ3) is 2.35. The number of methoxy groups -OCH3 is 1. The highest BCUT2D eigenvalue weighted by Crippen LogP contribution is 2.25. The molecule has 6 heteroatoms. The molecule has 3 aromatic rings. The van der Waals surface area contributed by atoms with Crippen molar-refractivity contribution in [2.75, 3.05) is 18.2 Å². The topological polar surface area (TPSA) is 88.8 Å². The number of benzene rings is 1. The minimum absolute atomic E-state index is 0.604. The molecule has 0 radical (unpaired) electrons. The lowest BCUT2D eigenvalue weighted by molar-refractivity contribution is 0.397. The van der Waals surface area contributed by atoms with Crippen molar-refractivity contribution >= 4 is 22.3 Å². The summed E-state index contributed by atoms with van der Waals surface area (Å²) in [7, 11) is 1.60. The Balaban J connectivity index is 1.76. The second kappa shape index (κ2) is 5.08. The molecule has 3 rings (SSSR count). The fourth-order valence-electron chi connectivity index (χ4n) is 2.00. The monoisotopic (exact) mass is 269 g/mol. The van der Waals surface area contributed by atoms with E-state index in [0.717, 1.165) is 22.2 Å². The standard InChI is InChI=1S/C14H15N5O/c1-20-14-3-2-9(7-17-14)6-16-13-5-12-10(4-11(13)15)8-18-19-12/h2-5,7-8,16H,6,15H2,1H3,(H,18,19). The zero-order valence-corrected chi connectivity index (χ0v) is 11.1. The lowest BCUT2D eigenvalue weighted by atomic mass is 10.2. The van der Waals surface area contributed by atoms with Crippen molar-refractivity contribution in [3.8, 4) is 5.88 Å². The molecule has 0 fully saturated rings. The van der Waals surface area contributed by atoms with E-state index < -0.39 is 0 Å². The molecule has 0 saturated heterocycles. The van der Waals surface area contributed by atoms with Gasteiger partial charge in [0.1, 0.15) is 0 Å². The molecule has 102 valence electrons. The first-order valence-electron chi connectivity index (χ1n) is 6.21. The van der Waals surface area contributed by atoms with Crippen LogP contribution in [-0.4, -0.2) is 22.3 Å². The molecule has 0 saturated carbocycles. The number of ether oxygens (including phenoxy) is 1. The van der Waals surface area contributed by atoms with Crippen LogP contribution in [0.3, 0.4) is 0 Å². The Morgan fingerprint density at radius 3 is 2.95 bits per heavy atom. The van der Waals surface area contributed by atoms with Crippen LogP contribution in [0.15, 0.2) is 36.7 Å². The number of aromatic amines is 1. The zero-order chi connectivity index (χ0) is 13.9. The van der Waals surface area contributed by atoms with Crippen molar-refractivity contribution in [2.45, 2.75) is 6.54 Å². The fourth-order valence-corrected chi connectivity index (χ4v) is 2.00. The summed E-state index contributed by atoms with van der Waals surface area (Å²) in [5, 5.41) is 11.2. The summed E-state index contributed by atoms with van der Waals surface area (Å²) in [5.74, 6) is 0.604. The van der Waals surface area contributed by atoms with Gasteiger partial charge in [-0.2, -0.15) is 5.10 Å². The summed E-state index contributed by atoms with van der Waals surface area (Å²) in [4.78, 5) is 4.16. The number of nitrogens with two attached hydrogens (primary N) is 1. The lowest BCUT2D eigenvalue weighted by Crippen LogP contribution is -2.03. The number of pyridine rings is 1. The molecule has 0 aliphatic carbocycles. The largest absolute Gasteiger partial charge is 0.481 e. The molecule has 0 atom stereocenters. The molecule has 0 amide bonds. The molecule has 0 bridgehead atoms. The highest BCUT2D eigenvalue weighted by Gasteiger charge is 2.04. The van der Waals surface area contributed by atoms with Crippen molar-refractivity contribution in [2.24, 2.45) is 0 Å². The molecule has 0 spiro atoms. The van der Waals surface area contributed by atoms with Gasteiger partial charge in [-0.05, 0) is 17.7 Å². The van der Waals surface area contributed by atoms with Gasteiger partial charge in [0.2, 0.25) is 5.88 Å². The van der Waals surface area contributed by atoms with Crippen LogP contribution in [0.5, 0.6) is 5.88 Å². The average molecular weight is 269 g/mol. The van der Waals surface area contributed by atoms with Gasteiger partial charge in [0.15, 0.2) is 0 Å². The van der Waals surface area contributed by atoms with E-state index in [1.165, 1.54) is 0 Å². The highest BCUT2D eigenvalue weighted by molar-refractivity contribution is 5.88. The van der Waals surface area contributed by atoms with E-state index in [9.17, 15) is 0 Å². The van der Waals surface area contributed by atoms with E-state index in [2.05, 4.69) is 20.5 Å². The summed E-state index contributed by atoms with van der Waals surface area (Å²) in [6, 6.07) is 7.64. The third-order valence-electron chi connectivity index (χ3n) is 3.10. The number of H-pyrrole nitrogens is 1. The molecule has 6 nitrogen and oxygen atoms in total. The van der Waals surface area contributed by atoms with E-state index in [-0.39, 0.29) is 0 Å². The Morgan fingerprint density at radius 1 is 1.30 bits per heavy atom. The first-order chi connectivity index (χ1) is 9.76. The van der Waals surface area contributed by atoms with E-state index >= 15 is 0 Å². The molecule has 20 heavy (non-hydrogen) atoms. The number of anilines is 2. The Labute approximate surface area is 116 Å². The second-order valence-corrected chi connectivity index (χ2v) is 4.46. The first kappa shape index (κ1) is 12.3. The maximum Gasteiger partial charge on any atom is 0.212 e.